The van der Waals surface area contributed by atoms with Crippen LogP contribution in [-0.4, -0.2) is 14.5 Å². The van der Waals surface area contributed by atoms with Gasteiger partial charge < -0.3 is 4.57 Å². The topological polar surface area (TPSA) is 30.7 Å². The lowest BCUT2D eigenvalue weighted by Gasteiger charge is -2.16. The molecule has 0 saturated heterocycles. The van der Waals surface area contributed by atoms with Gasteiger partial charge in [0.2, 0.25) is 0 Å². The largest absolute Gasteiger partial charge is 0.309 e. The lowest BCUT2D eigenvalue weighted by atomic mass is 9.90. The van der Waals surface area contributed by atoms with Crippen molar-refractivity contribution < 1.29 is 0 Å². The summed E-state index contributed by atoms with van der Waals surface area (Å²) in [6.45, 7) is 0. The molecule has 0 bridgehead atoms. The zero-order chi connectivity index (χ0) is 35.1. The number of fused-ring (bicyclic) bond motifs is 4. The summed E-state index contributed by atoms with van der Waals surface area (Å²) in [6.07, 6.45) is 0. The van der Waals surface area contributed by atoms with Gasteiger partial charge in [-0.2, -0.15) is 0 Å². The van der Waals surface area contributed by atoms with Crippen molar-refractivity contribution >= 4 is 32.7 Å². The van der Waals surface area contributed by atoms with E-state index in [4.69, 9.17) is 9.97 Å². The predicted octanol–water partition coefficient (Wildman–Crippen LogP) is 13.1. The molecule has 0 atom stereocenters. The first-order valence-electron chi connectivity index (χ1n) is 18.0. The summed E-state index contributed by atoms with van der Waals surface area (Å²) in [5.41, 5.74) is 14.3. The molecular formula is C50H33N3. The highest BCUT2D eigenvalue weighted by atomic mass is 15.0. The van der Waals surface area contributed by atoms with Gasteiger partial charge in [-0.15, -0.1) is 0 Å². The molecule has 0 aliphatic rings. The standard InChI is InChI=1S/C50H33N3/c1-5-15-34(16-6-1)35-25-27-36(28-26-35)42-32-45-46(51-50(38-19-9-3-10-20-38)52-49(45)37-17-7-2-8-18-37)33-43(42)39-29-30-48-44(31-39)41-23-13-14-24-47(41)53(48)40-21-11-4-12-22-40/h1-33H. The van der Waals surface area contributed by atoms with Crippen molar-refractivity contribution in [3.8, 4) is 61.7 Å². The van der Waals surface area contributed by atoms with E-state index in [0.29, 0.717) is 5.82 Å². The molecule has 0 radical (unpaired) electrons. The van der Waals surface area contributed by atoms with Crippen LogP contribution in [0.5, 0.6) is 0 Å². The van der Waals surface area contributed by atoms with Crippen LogP contribution in [0.15, 0.2) is 200 Å². The van der Waals surface area contributed by atoms with Crippen molar-refractivity contribution in [3.05, 3.63) is 200 Å². The van der Waals surface area contributed by atoms with Gasteiger partial charge in [0, 0.05) is 33.0 Å². The Kier molecular flexibility index (Phi) is 7.47. The van der Waals surface area contributed by atoms with E-state index in [-0.39, 0.29) is 0 Å². The van der Waals surface area contributed by atoms with Crippen molar-refractivity contribution in [2.24, 2.45) is 0 Å². The van der Waals surface area contributed by atoms with Gasteiger partial charge in [0.05, 0.1) is 22.2 Å². The molecule has 0 unspecified atom stereocenters. The second kappa shape index (κ2) is 12.9. The third-order valence-electron chi connectivity index (χ3n) is 10.2. The first kappa shape index (κ1) is 30.7. The number of hydrogen-bond donors (Lipinski definition) is 0. The maximum atomic E-state index is 5.25. The fourth-order valence-corrected chi connectivity index (χ4v) is 7.65. The molecule has 3 heteroatoms. The van der Waals surface area contributed by atoms with Crippen LogP contribution in [0.3, 0.4) is 0 Å². The molecule has 0 aliphatic heterocycles. The van der Waals surface area contributed by atoms with Crippen LogP contribution in [0, 0.1) is 0 Å². The predicted molar refractivity (Wildman–Crippen MR) is 221 cm³/mol. The average Bonchev–Trinajstić information content (AvgIpc) is 3.58. The molecule has 0 N–H and O–H groups in total. The van der Waals surface area contributed by atoms with Crippen LogP contribution in [0.25, 0.3) is 94.4 Å². The summed E-state index contributed by atoms with van der Waals surface area (Å²) in [4.78, 5) is 10.5. The third-order valence-corrected chi connectivity index (χ3v) is 10.2. The molecule has 10 aromatic rings. The quantitative estimate of drug-likeness (QED) is 0.176. The molecule has 10 rings (SSSR count). The van der Waals surface area contributed by atoms with Crippen LogP contribution < -0.4 is 0 Å². The van der Waals surface area contributed by atoms with E-state index < -0.39 is 0 Å². The molecular weight excluding hydrogens is 643 g/mol. The molecule has 0 fully saturated rings. The van der Waals surface area contributed by atoms with Crippen LogP contribution >= 0.6 is 0 Å². The minimum Gasteiger partial charge on any atom is -0.309 e. The normalized spacial score (nSPS) is 11.4. The van der Waals surface area contributed by atoms with Crippen LogP contribution in [-0.2, 0) is 0 Å². The molecule has 2 heterocycles. The first-order valence-corrected chi connectivity index (χ1v) is 18.0. The zero-order valence-electron chi connectivity index (χ0n) is 28.9. The van der Waals surface area contributed by atoms with Crippen molar-refractivity contribution in [2.45, 2.75) is 0 Å². The molecule has 3 nitrogen and oxygen atoms in total. The molecule has 53 heavy (non-hydrogen) atoms. The summed E-state index contributed by atoms with van der Waals surface area (Å²) < 4.78 is 2.36. The van der Waals surface area contributed by atoms with E-state index in [1.165, 1.54) is 32.9 Å². The Morgan fingerprint density at radius 3 is 1.57 bits per heavy atom. The molecule has 248 valence electrons. The lowest BCUT2D eigenvalue weighted by Crippen LogP contribution is -1.97. The monoisotopic (exact) mass is 675 g/mol. The highest BCUT2D eigenvalue weighted by molar-refractivity contribution is 6.11. The molecule has 2 aromatic heterocycles. The fraction of sp³-hybridized carbons (Fsp3) is 0. The minimum atomic E-state index is 0.712. The van der Waals surface area contributed by atoms with Crippen molar-refractivity contribution in [1.29, 1.82) is 0 Å². The number of benzene rings is 8. The number of hydrogen-bond acceptors (Lipinski definition) is 2. The van der Waals surface area contributed by atoms with E-state index in [1.54, 1.807) is 0 Å². The van der Waals surface area contributed by atoms with Gasteiger partial charge in [-0.3, -0.25) is 0 Å². The second-order valence-corrected chi connectivity index (χ2v) is 13.4. The van der Waals surface area contributed by atoms with E-state index in [0.717, 1.165) is 55.7 Å². The van der Waals surface area contributed by atoms with Crippen LogP contribution in [0.4, 0.5) is 0 Å². The van der Waals surface area contributed by atoms with Gasteiger partial charge in [0.1, 0.15) is 0 Å². The Bertz CT molecular complexity index is 2900. The van der Waals surface area contributed by atoms with Crippen LogP contribution in [0.1, 0.15) is 0 Å². The van der Waals surface area contributed by atoms with Crippen LogP contribution in [0.2, 0.25) is 0 Å². The van der Waals surface area contributed by atoms with Gasteiger partial charge in [-0.25, -0.2) is 9.97 Å². The third kappa shape index (κ3) is 5.47. The highest BCUT2D eigenvalue weighted by Crippen LogP contribution is 2.42. The Morgan fingerprint density at radius 2 is 0.849 bits per heavy atom. The highest BCUT2D eigenvalue weighted by Gasteiger charge is 2.19. The lowest BCUT2D eigenvalue weighted by molar-refractivity contribution is 1.18. The van der Waals surface area contributed by atoms with Gasteiger partial charge in [0.25, 0.3) is 0 Å². The molecule has 0 amide bonds. The van der Waals surface area contributed by atoms with Gasteiger partial charge in [0.15, 0.2) is 5.82 Å². The van der Waals surface area contributed by atoms with Crippen molar-refractivity contribution in [3.63, 3.8) is 0 Å². The van der Waals surface area contributed by atoms with Crippen molar-refractivity contribution in [1.82, 2.24) is 14.5 Å². The summed E-state index contributed by atoms with van der Waals surface area (Å²) in [6, 6.07) is 71.0. The molecule has 0 aliphatic carbocycles. The zero-order valence-corrected chi connectivity index (χ0v) is 28.9. The van der Waals surface area contributed by atoms with E-state index >= 15 is 0 Å². The number of aromatic nitrogens is 3. The van der Waals surface area contributed by atoms with E-state index in [9.17, 15) is 0 Å². The fourth-order valence-electron chi connectivity index (χ4n) is 7.65. The summed E-state index contributed by atoms with van der Waals surface area (Å²) in [7, 11) is 0. The van der Waals surface area contributed by atoms with Gasteiger partial charge in [-0.1, -0.05) is 158 Å². The van der Waals surface area contributed by atoms with Gasteiger partial charge in [-0.05, 0) is 75.8 Å². The molecule has 0 saturated carbocycles. The Morgan fingerprint density at radius 1 is 0.321 bits per heavy atom. The first-order chi connectivity index (χ1) is 26.3. The summed E-state index contributed by atoms with van der Waals surface area (Å²) in [5, 5.41) is 3.45. The maximum absolute atomic E-state index is 5.25. The smallest absolute Gasteiger partial charge is 0.160 e. The van der Waals surface area contributed by atoms with E-state index in [2.05, 4.69) is 180 Å². The summed E-state index contributed by atoms with van der Waals surface area (Å²) >= 11 is 0. The Labute approximate surface area is 308 Å². The number of rotatable bonds is 6. The minimum absolute atomic E-state index is 0.712. The Hall–Kier alpha value is -7.10. The number of nitrogens with zero attached hydrogens (tertiary/aromatic N) is 3. The average molecular weight is 676 g/mol. The van der Waals surface area contributed by atoms with E-state index in [1.807, 2.05) is 24.3 Å². The molecule has 0 spiro atoms. The second-order valence-electron chi connectivity index (χ2n) is 13.4. The van der Waals surface area contributed by atoms with Gasteiger partial charge >= 0.3 is 0 Å². The Balaban J connectivity index is 1.25. The van der Waals surface area contributed by atoms with Crippen molar-refractivity contribution in [2.75, 3.05) is 0 Å². The summed E-state index contributed by atoms with van der Waals surface area (Å²) in [5.74, 6) is 0.712. The molecule has 8 aromatic carbocycles. The SMILES string of the molecule is c1ccc(-c2ccc(-c3cc4c(-c5ccccc5)nc(-c5ccccc5)nc4cc3-c3ccc4c(c3)c3ccccc3n4-c3ccccc3)cc2)cc1. The number of para-hydroxylation sites is 2. The maximum Gasteiger partial charge on any atom is 0.160 e.